The average molecular weight is 288 g/mol. The summed E-state index contributed by atoms with van der Waals surface area (Å²) in [6, 6.07) is 0. The maximum atomic E-state index is 5.44. The van der Waals surface area contributed by atoms with Gasteiger partial charge in [-0.05, 0) is 35.3 Å². The first-order chi connectivity index (χ1) is 7.83. The van der Waals surface area contributed by atoms with Crippen LogP contribution in [-0.4, -0.2) is 16.3 Å². The molecule has 0 unspecified atom stereocenters. The van der Waals surface area contributed by atoms with Gasteiger partial charge in [-0.1, -0.05) is 32.1 Å². The van der Waals surface area contributed by atoms with Crippen molar-refractivity contribution in [3.05, 3.63) is 16.9 Å². The molecule has 16 heavy (non-hydrogen) atoms. The molecule has 0 fully saturated rings. The van der Waals surface area contributed by atoms with Gasteiger partial charge >= 0.3 is 0 Å². The van der Waals surface area contributed by atoms with Gasteiger partial charge in [0.15, 0.2) is 0 Å². The number of nitrogens with two attached hydrogens (primary N) is 1. The topological polar surface area (TPSA) is 43.8 Å². The zero-order valence-electron chi connectivity index (χ0n) is 9.87. The van der Waals surface area contributed by atoms with Crippen LogP contribution in [0.2, 0.25) is 0 Å². The summed E-state index contributed by atoms with van der Waals surface area (Å²) in [5.41, 5.74) is 5.44. The minimum absolute atomic E-state index is 0.841. The molecule has 0 aliphatic rings. The van der Waals surface area contributed by atoms with Crippen molar-refractivity contribution in [3.8, 4) is 0 Å². The largest absolute Gasteiger partial charge is 0.330 e. The van der Waals surface area contributed by atoms with Crippen molar-refractivity contribution in [2.75, 3.05) is 6.54 Å². The molecule has 0 atom stereocenters. The number of rotatable bonds is 9. The number of aryl methyl sites for hydroxylation is 1. The van der Waals surface area contributed by atoms with Crippen LogP contribution in [0.25, 0.3) is 0 Å². The molecule has 2 N–H and O–H groups in total. The van der Waals surface area contributed by atoms with Crippen molar-refractivity contribution in [3.63, 3.8) is 0 Å². The van der Waals surface area contributed by atoms with Gasteiger partial charge in [-0.25, -0.2) is 0 Å². The maximum absolute atomic E-state index is 5.44. The standard InChI is InChI=1S/C12H22BrN3/c13-12-10-15-16(11-12)9-7-5-3-1-2-4-6-8-14/h10-11H,1-9,14H2. The fourth-order valence-electron chi connectivity index (χ4n) is 1.76. The Morgan fingerprint density at radius 3 is 2.25 bits per heavy atom. The van der Waals surface area contributed by atoms with E-state index in [1.807, 2.05) is 17.1 Å². The van der Waals surface area contributed by atoms with E-state index < -0.39 is 0 Å². The summed E-state index contributed by atoms with van der Waals surface area (Å²) in [5, 5.41) is 4.23. The van der Waals surface area contributed by atoms with Gasteiger partial charge in [-0.3, -0.25) is 4.68 Å². The normalized spacial score (nSPS) is 10.9. The number of aromatic nitrogens is 2. The predicted octanol–water partition coefficient (Wildman–Crippen LogP) is 3.34. The molecule has 4 heteroatoms. The van der Waals surface area contributed by atoms with E-state index in [1.54, 1.807) is 0 Å². The molecule has 0 bridgehead atoms. The third-order valence-corrected chi connectivity index (χ3v) is 3.10. The van der Waals surface area contributed by atoms with Gasteiger partial charge in [-0.15, -0.1) is 0 Å². The van der Waals surface area contributed by atoms with Crippen molar-refractivity contribution in [2.24, 2.45) is 5.73 Å². The molecule has 0 amide bonds. The van der Waals surface area contributed by atoms with Gasteiger partial charge in [0.25, 0.3) is 0 Å². The second kappa shape index (κ2) is 8.76. The number of hydrogen-bond donors (Lipinski definition) is 1. The van der Waals surface area contributed by atoms with Crippen LogP contribution in [0.4, 0.5) is 0 Å². The highest BCUT2D eigenvalue weighted by Crippen LogP contribution is 2.09. The highest BCUT2D eigenvalue weighted by molar-refractivity contribution is 9.10. The fourth-order valence-corrected chi connectivity index (χ4v) is 2.09. The number of halogens is 1. The van der Waals surface area contributed by atoms with E-state index in [0.717, 1.165) is 17.6 Å². The van der Waals surface area contributed by atoms with Crippen molar-refractivity contribution < 1.29 is 0 Å². The lowest BCUT2D eigenvalue weighted by molar-refractivity contribution is 0.521. The van der Waals surface area contributed by atoms with Gasteiger partial charge < -0.3 is 5.73 Å². The average Bonchev–Trinajstić information content (AvgIpc) is 2.68. The summed E-state index contributed by atoms with van der Waals surface area (Å²) < 4.78 is 3.06. The second-order valence-electron chi connectivity index (χ2n) is 4.19. The summed E-state index contributed by atoms with van der Waals surface area (Å²) >= 11 is 3.40. The fraction of sp³-hybridized carbons (Fsp3) is 0.750. The van der Waals surface area contributed by atoms with Crippen molar-refractivity contribution in [1.29, 1.82) is 0 Å². The van der Waals surface area contributed by atoms with E-state index in [1.165, 1.54) is 44.9 Å². The molecule has 1 rings (SSSR count). The van der Waals surface area contributed by atoms with Gasteiger partial charge in [0.05, 0.1) is 10.7 Å². The molecule has 0 aromatic carbocycles. The Labute approximate surface area is 107 Å². The third-order valence-electron chi connectivity index (χ3n) is 2.69. The Kier molecular flexibility index (Phi) is 7.51. The van der Waals surface area contributed by atoms with Crippen molar-refractivity contribution in [1.82, 2.24) is 9.78 Å². The Morgan fingerprint density at radius 2 is 1.69 bits per heavy atom. The molecule has 1 heterocycles. The lowest BCUT2D eigenvalue weighted by Gasteiger charge is -2.02. The lowest BCUT2D eigenvalue weighted by atomic mass is 10.1. The predicted molar refractivity (Wildman–Crippen MR) is 71.3 cm³/mol. The van der Waals surface area contributed by atoms with E-state index in [9.17, 15) is 0 Å². The van der Waals surface area contributed by atoms with E-state index in [-0.39, 0.29) is 0 Å². The van der Waals surface area contributed by atoms with Crippen molar-refractivity contribution in [2.45, 2.75) is 51.5 Å². The molecule has 0 saturated carbocycles. The first-order valence-electron chi connectivity index (χ1n) is 6.21. The quantitative estimate of drug-likeness (QED) is 0.708. The summed E-state index contributed by atoms with van der Waals surface area (Å²) in [7, 11) is 0. The molecule has 1 aromatic rings. The van der Waals surface area contributed by atoms with Crippen LogP contribution in [0.3, 0.4) is 0 Å². The monoisotopic (exact) mass is 287 g/mol. The van der Waals surface area contributed by atoms with E-state index >= 15 is 0 Å². The molecule has 0 radical (unpaired) electrons. The highest BCUT2D eigenvalue weighted by atomic mass is 79.9. The van der Waals surface area contributed by atoms with Crippen LogP contribution in [0.1, 0.15) is 44.9 Å². The molecular formula is C12H22BrN3. The van der Waals surface area contributed by atoms with Crippen LogP contribution in [0, 0.1) is 0 Å². The molecule has 0 aliphatic heterocycles. The minimum Gasteiger partial charge on any atom is -0.330 e. The van der Waals surface area contributed by atoms with Gasteiger partial charge in [-0.2, -0.15) is 5.10 Å². The number of unbranched alkanes of at least 4 members (excludes halogenated alkanes) is 6. The zero-order valence-corrected chi connectivity index (χ0v) is 11.5. The SMILES string of the molecule is NCCCCCCCCCn1cc(Br)cn1. The molecule has 3 nitrogen and oxygen atoms in total. The molecule has 1 aromatic heterocycles. The third kappa shape index (κ3) is 6.28. The molecular weight excluding hydrogens is 266 g/mol. The van der Waals surface area contributed by atoms with Crippen LogP contribution < -0.4 is 5.73 Å². The summed E-state index contributed by atoms with van der Waals surface area (Å²) in [5.74, 6) is 0. The molecule has 0 saturated heterocycles. The molecule has 0 spiro atoms. The first kappa shape index (κ1) is 13.7. The van der Waals surface area contributed by atoms with Crippen molar-refractivity contribution >= 4 is 15.9 Å². The molecule has 0 aliphatic carbocycles. The van der Waals surface area contributed by atoms with Gasteiger partial charge in [0.1, 0.15) is 0 Å². The van der Waals surface area contributed by atoms with Crippen LogP contribution in [-0.2, 0) is 6.54 Å². The first-order valence-corrected chi connectivity index (χ1v) is 7.00. The Balaban J connectivity index is 1.88. The second-order valence-corrected chi connectivity index (χ2v) is 5.10. The van der Waals surface area contributed by atoms with E-state index in [2.05, 4.69) is 21.0 Å². The van der Waals surface area contributed by atoms with Crippen LogP contribution in [0.5, 0.6) is 0 Å². The van der Waals surface area contributed by atoms with Crippen LogP contribution >= 0.6 is 15.9 Å². The maximum Gasteiger partial charge on any atom is 0.0632 e. The smallest absolute Gasteiger partial charge is 0.0632 e. The summed E-state index contributed by atoms with van der Waals surface area (Å²) in [6.07, 6.45) is 12.9. The highest BCUT2D eigenvalue weighted by Gasteiger charge is 1.95. The Bertz CT molecular complexity index is 273. The summed E-state index contributed by atoms with van der Waals surface area (Å²) in [4.78, 5) is 0. The van der Waals surface area contributed by atoms with Gasteiger partial charge in [0, 0.05) is 12.7 Å². The van der Waals surface area contributed by atoms with Gasteiger partial charge in [0.2, 0.25) is 0 Å². The van der Waals surface area contributed by atoms with E-state index in [0.29, 0.717) is 0 Å². The van der Waals surface area contributed by atoms with Crippen LogP contribution in [0.15, 0.2) is 16.9 Å². The number of nitrogens with zero attached hydrogens (tertiary/aromatic N) is 2. The Morgan fingerprint density at radius 1 is 1.06 bits per heavy atom. The number of hydrogen-bond acceptors (Lipinski definition) is 2. The molecule has 92 valence electrons. The Hall–Kier alpha value is -0.350. The minimum atomic E-state index is 0.841. The zero-order chi connectivity index (χ0) is 11.6. The summed E-state index contributed by atoms with van der Waals surface area (Å²) in [6.45, 7) is 1.88. The lowest BCUT2D eigenvalue weighted by Crippen LogP contribution is -1.98. The van der Waals surface area contributed by atoms with E-state index in [4.69, 9.17) is 5.73 Å².